The average molecular weight is 439 g/mol. The van der Waals surface area contributed by atoms with Crippen molar-refractivity contribution in [1.29, 1.82) is 0 Å². The zero-order chi connectivity index (χ0) is 22.6. The van der Waals surface area contributed by atoms with Gasteiger partial charge >= 0.3 is 0 Å². The number of nitrogens with one attached hydrogen (secondary N) is 1. The first kappa shape index (κ1) is 22.5. The molecule has 0 saturated carbocycles. The predicted molar refractivity (Wildman–Crippen MR) is 123 cm³/mol. The summed E-state index contributed by atoms with van der Waals surface area (Å²) in [7, 11) is -3.59. The van der Waals surface area contributed by atoms with E-state index in [0.717, 1.165) is 22.5 Å². The van der Waals surface area contributed by atoms with E-state index in [1.165, 1.54) is 11.6 Å². The van der Waals surface area contributed by atoms with Gasteiger partial charge in [-0.05, 0) is 50.1 Å². The second-order valence-electron chi connectivity index (χ2n) is 7.55. The first-order valence-electron chi connectivity index (χ1n) is 9.79. The van der Waals surface area contributed by atoms with Crippen LogP contribution in [0.5, 0.6) is 0 Å². The minimum Gasteiger partial charge on any atom is -0.323 e. The molecule has 0 bridgehead atoms. The van der Waals surface area contributed by atoms with Crippen LogP contribution in [-0.4, -0.2) is 24.1 Å². The molecule has 0 aliphatic heterocycles. The van der Waals surface area contributed by atoms with Gasteiger partial charge in [0.2, 0.25) is 15.9 Å². The molecule has 1 aromatic heterocycles. The van der Waals surface area contributed by atoms with Crippen LogP contribution in [0.4, 0.5) is 5.69 Å². The van der Waals surface area contributed by atoms with Crippen LogP contribution in [0.2, 0.25) is 0 Å². The smallest absolute Gasteiger partial charge is 0.248 e. The first-order chi connectivity index (χ1) is 14.6. The van der Waals surface area contributed by atoms with Gasteiger partial charge in [-0.1, -0.05) is 42.0 Å². The Morgan fingerprint density at radius 2 is 1.65 bits per heavy atom. The van der Waals surface area contributed by atoms with E-state index in [9.17, 15) is 13.2 Å². The molecule has 8 heteroatoms. The quantitative estimate of drug-likeness (QED) is 0.552. The number of hydrogen-bond acceptors (Lipinski definition) is 4. The summed E-state index contributed by atoms with van der Waals surface area (Å²) in [4.78, 5) is 12.3. The van der Waals surface area contributed by atoms with Crippen LogP contribution < -0.4 is 10.5 Å². The van der Waals surface area contributed by atoms with Crippen molar-refractivity contribution in [2.45, 2.75) is 33.1 Å². The predicted octanol–water partition coefficient (Wildman–Crippen LogP) is 3.30. The van der Waals surface area contributed by atoms with Gasteiger partial charge in [0.25, 0.3) is 0 Å². The number of benzene rings is 2. The zero-order valence-electron chi connectivity index (χ0n) is 17.8. The van der Waals surface area contributed by atoms with Crippen LogP contribution in [0.15, 0.2) is 54.6 Å². The van der Waals surface area contributed by atoms with E-state index >= 15 is 0 Å². The molecule has 7 nitrogen and oxygen atoms in total. The molecule has 3 aromatic rings. The van der Waals surface area contributed by atoms with Crippen molar-refractivity contribution < 1.29 is 13.2 Å². The summed E-state index contributed by atoms with van der Waals surface area (Å²) < 4.78 is 24.2. The maximum absolute atomic E-state index is 12.3. The van der Waals surface area contributed by atoms with Crippen molar-refractivity contribution in [3.8, 4) is 0 Å². The van der Waals surface area contributed by atoms with E-state index in [0.29, 0.717) is 17.8 Å². The van der Waals surface area contributed by atoms with Crippen LogP contribution in [0.25, 0.3) is 6.08 Å². The van der Waals surface area contributed by atoms with Gasteiger partial charge in [0.05, 0.1) is 18.0 Å². The Hall–Kier alpha value is -3.23. The Balaban J connectivity index is 1.66. The maximum atomic E-state index is 12.3. The lowest BCUT2D eigenvalue weighted by atomic mass is 10.1. The van der Waals surface area contributed by atoms with Crippen molar-refractivity contribution in [2.75, 3.05) is 5.32 Å². The summed E-state index contributed by atoms with van der Waals surface area (Å²) in [5.41, 5.74) is 6.24. The highest BCUT2D eigenvalue weighted by molar-refractivity contribution is 7.88. The number of nitrogens with two attached hydrogens (primary N) is 1. The zero-order valence-corrected chi connectivity index (χ0v) is 18.6. The SMILES string of the molecule is Cc1ccc(Cn2nc(C)c(/C=C/C(=O)Nc3ccc(CS(N)(=O)=O)cc3)c2C)cc1. The molecule has 3 rings (SSSR count). The van der Waals surface area contributed by atoms with Gasteiger partial charge < -0.3 is 5.32 Å². The number of aromatic nitrogens is 2. The molecule has 0 spiro atoms. The fourth-order valence-electron chi connectivity index (χ4n) is 3.23. The molecule has 31 heavy (non-hydrogen) atoms. The third-order valence-electron chi connectivity index (χ3n) is 4.88. The summed E-state index contributed by atoms with van der Waals surface area (Å²) >= 11 is 0. The molecule has 0 atom stereocenters. The van der Waals surface area contributed by atoms with Crippen molar-refractivity contribution in [1.82, 2.24) is 9.78 Å². The van der Waals surface area contributed by atoms with Gasteiger partial charge in [-0.2, -0.15) is 5.10 Å². The maximum Gasteiger partial charge on any atom is 0.248 e. The van der Waals surface area contributed by atoms with Crippen molar-refractivity contribution in [2.24, 2.45) is 5.14 Å². The summed E-state index contributed by atoms with van der Waals surface area (Å²) in [6.45, 7) is 6.62. The molecule has 0 aliphatic carbocycles. The van der Waals surface area contributed by atoms with Gasteiger partial charge in [0, 0.05) is 23.0 Å². The normalized spacial score (nSPS) is 11.7. The highest BCUT2D eigenvalue weighted by Crippen LogP contribution is 2.17. The van der Waals surface area contributed by atoms with Crippen molar-refractivity contribution in [3.63, 3.8) is 0 Å². The molecule has 0 saturated heterocycles. The minimum absolute atomic E-state index is 0.244. The summed E-state index contributed by atoms with van der Waals surface area (Å²) in [6, 6.07) is 14.8. The molecular formula is C23H26N4O3S. The topological polar surface area (TPSA) is 107 Å². The van der Waals surface area contributed by atoms with Crippen LogP contribution >= 0.6 is 0 Å². The Bertz CT molecular complexity index is 1210. The largest absolute Gasteiger partial charge is 0.323 e. The number of carbonyl (C=O) groups is 1. The molecule has 0 unspecified atom stereocenters. The van der Waals surface area contributed by atoms with Crippen LogP contribution in [0.1, 0.15) is 33.6 Å². The second-order valence-corrected chi connectivity index (χ2v) is 9.17. The molecule has 1 amide bonds. The monoisotopic (exact) mass is 438 g/mol. The summed E-state index contributed by atoms with van der Waals surface area (Å²) in [5, 5.41) is 12.4. The van der Waals surface area contributed by atoms with Crippen LogP contribution in [0.3, 0.4) is 0 Å². The van der Waals surface area contributed by atoms with Gasteiger partial charge in [0.15, 0.2) is 0 Å². The number of rotatable bonds is 7. The van der Waals surface area contributed by atoms with E-state index in [1.807, 2.05) is 18.5 Å². The van der Waals surface area contributed by atoms with E-state index < -0.39 is 10.0 Å². The molecule has 3 N–H and O–H groups in total. The number of carbonyl (C=O) groups excluding carboxylic acids is 1. The molecule has 162 valence electrons. The Morgan fingerprint density at radius 1 is 1.03 bits per heavy atom. The Labute approximate surface area is 182 Å². The van der Waals surface area contributed by atoms with Crippen LogP contribution in [-0.2, 0) is 27.1 Å². The number of anilines is 1. The molecule has 1 heterocycles. The lowest BCUT2D eigenvalue weighted by Gasteiger charge is -2.05. The minimum atomic E-state index is -3.59. The van der Waals surface area contributed by atoms with Gasteiger partial charge in [-0.15, -0.1) is 0 Å². The highest BCUT2D eigenvalue weighted by atomic mass is 32.2. The third kappa shape index (κ3) is 6.37. The fourth-order valence-corrected chi connectivity index (χ4v) is 3.89. The number of amides is 1. The number of nitrogens with zero attached hydrogens (tertiary/aromatic N) is 2. The van der Waals surface area contributed by atoms with E-state index in [-0.39, 0.29) is 11.7 Å². The second kappa shape index (κ2) is 9.28. The molecule has 0 radical (unpaired) electrons. The molecule has 0 aliphatic rings. The van der Waals surface area contributed by atoms with Gasteiger partial charge in [0.1, 0.15) is 0 Å². The van der Waals surface area contributed by atoms with E-state index in [4.69, 9.17) is 5.14 Å². The number of sulfonamides is 1. The lowest BCUT2D eigenvalue weighted by molar-refractivity contribution is -0.111. The van der Waals surface area contributed by atoms with Gasteiger partial charge in [-0.25, -0.2) is 13.6 Å². The lowest BCUT2D eigenvalue weighted by Crippen LogP contribution is -2.14. The Kier molecular flexibility index (Phi) is 6.72. The molecule has 0 fully saturated rings. The summed E-state index contributed by atoms with van der Waals surface area (Å²) in [6.07, 6.45) is 3.22. The Morgan fingerprint density at radius 3 is 2.26 bits per heavy atom. The number of primary sulfonamides is 1. The third-order valence-corrected chi connectivity index (χ3v) is 5.62. The standard InChI is InChI=1S/C23H26N4O3S/c1-16-4-6-19(7-5-16)14-27-18(3)22(17(2)26-27)12-13-23(28)25-21-10-8-20(9-11-21)15-31(24,29)30/h4-13H,14-15H2,1-3H3,(H,25,28)(H2,24,29,30)/b13-12+. The molecule has 2 aromatic carbocycles. The highest BCUT2D eigenvalue weighted by Gasteiger charge is 2.10. The van der Waals surface area contributed by atoms with Crippen LogP contribution in [0, 0.1) is 20.8 Å². The average Bonchev–Trinajstić information content (AvgIpc) is 2.95. The van der Waals surface area contributed by atoms with E-state index in [1.54, 1.807) is 30.3 Å². The number of hydrogen-bond donors (Lipinski definition) is 2. The fraction of sp³-hybridized carbons (Fsp3) is 0.217. The van der Waals surface area contributed by atoms with Gasteiger partial charge in [-0.3, -0.25) is 9.48 Å². The summed E-state index contributed by atoms with van der Waals surface area (Å²) in [5.74, 6) is -0.531. The number of aryl methyl sites for hydroxylation is 2. The molecular weight excluding hydrogens is 412 g/mol. The van der Waals surface area contributed by atoms with E-state index in [2.05, 4.69) is 41.6 Å². The van der Waals surface area contributed by atoms with Crippen molar-refractivity contribution in [3.05, 3.63) is 88.2 Å². The first-order valence-corrected chi connectivity index (χ1v) is 11.5. The van der Waals surface area contributed by atoms with Crippen molar-refractivity contribution >= 4 is 27.7 Å².